The Morgan fingerprint density at radius 3 is 2.64 bits per heavy atom. The summed E-state index contributed by atoms with van der Waals surface area (Å²) in [6.45, 7) is 4.04. The van der Waals surface area contributed by atoms with Crippen LogP contribution in [0.3, 0.4) is 0 Å². The van der Waals surface area contributed by atoms with Crippen LogP contribution < -0.4 is 5.32 Å². The summed E-state index contributed by atoms with van der Waals surface area (Å²) in [5, 5.41) is 22.9. The fourth-order valence-electron chi connectivity index (χ4n) is 3.20. The zero-order chi connectivity index (χ0) is 19.1. The van der Waals surface area contributed by atoms with Crippen molar-refractivity contribution in [2.45, 2.75) is 9.79 Å². The molecule has 0 spiro atoms. The number of anilines is 2. The summed E-state index contributed by atoms with van der Waals surface area (Å²) in [7, 11) is 0. The number of hydrogen-bond donors (Lipinski definition) is 3. The SMILES string of the molecule is C=C(N=Nc1c(O)[nH]c2ccccc12)c1ccc2c(c1)Nc1ccccc1S2. The molecule has 28 heavy (non-hydrogen) atoms. The van der Waals surface area contributed by atoms with Gasteiger partial charge in [-0.05, 0) is 30.3 Å². The van der Waals surface area contributed by atoms with Crippen molar-refractivity contribution in [2.24, 2.45) is 10.2 Å². The maximum absolute atomic E-state index is 10.1. The Bertz CT molecular complexity index is 1260. The lowest BCUT2D eigenvalue weighted by Gasteiger charge is -2.21. The summed E-state index contributed by atoms with van der Waals surface area (Å²) in [5.74, 6) is -0.00198. The molecule has 0 unspecified atom stereocenters. The van der Waals surface area contributed by atoms with Gasteiger partial charge in [0.1, 0.15) is 0 Å². The van der Waals surface area contributed by atoms with Crippen LogP contribution >= 0.6 is 11.8 Å². The number of aromatic hydroxyl groups is 1. The van der Waals surface area contributed by atoms with Gasteiger partial charge in [0.25, 0.3) is 0 Å². The fraction of sp³-hybridized carbons (Fsp3) is 0. The minimum atomic E-state index is -0.00198. The third-order valence-corrected chi connectivity index (χ3v) is 5.77. The molecule has 136 valence electrons. The van der Waals surface area contributed by atoms with Crippen molar-refractivity contribution in [2.75, 3.05) is 5.32 Å². The van der Waals surface area contributed by atoms with E-state index in [1.54, 1.807) is 11.8 Å². The van der Waals surface area contributed by atoms with E-state index in [9.17, 15) is 5.11 Å². The highest BCUT2D eigenvalue weighted by Crippen LogP contribution is 2.44. The number of aromatic nitrogens is 1. The molecular weight excluding hydrogens is 368 g/mol. The molecule has 0 bridgehead atoms. The molecule has 0 amide bonds. The molecule has 4 aromatic rings. The first kappa shape index (κ1) is 16.6. The Hall–Kier alpha value is -3.51. The molecule has 0 fully saturated rings. The Kier molecular flexibility index (Phi) is 3.91. The van der Waals surface area contributed by atoms with Crippen LogP contribution in [-0.4, -0.2) is 10.1 Å². The second-order valence-corrected chi connectivity index (χ2v) is 7.53. The zero-order valence-corrected chi connectivity index (χ0v) is 15.6. The topological polar surface area (TPSA) is 72.8 Å². The third-order valence-electron chi connectivity index (χ3n) is 4.62. The van der Waals surface area contributed by atoms with Gasteiger partial charge in [0, 0.05) is 20.7 Å². The van der Waals surface area contributed by atoms with Gasteiger partial charge in [-0.2, -0.15) is 5.11 Å². The van der Waals surface area contributed by atoms with E-state index in [0.717, 1.165) is 32.7 Å². The molecule has 3 aromatic carbocycles. The number of para-hydroxylation sites is 2. The van der Waals surface area contributed by atoms with Gasteiger partial charge >= 0.3 is 0 Å². The Balaban J connectivity index is 1.43. The maximum atomic E-state index is 10.1. The lowest BCUT2D eigenvalue weighted by molar-refractivity contribution is 0.459. The van der Waals surface area contributed by atoms with Crippen molar-refractivity contribution in [3.05, 3.63) is 78.9 Å². The van der Waals surface area contributed by atoms with Crippen molar-refractivity contribution < 1.29 is 5.11 Å². The second kappa shape index (κ2) is 6.58. The van der Waals surface area contributed by atoms with E-state index in [2.05, 4.69) is 45.3 Å². The van der Waals surface area contributed by atoms with Gasteiger partial charge < -0.3 is 15.4 Å². The van der Waals surface area contributed by atoms with Crippen LogP contribution in [0.4, 0.5) is 17.1 Å². The van der Waals surface area contributed by atoms with Crippen LogP contribution in [0.2, 0.25) is 0 Å². The number of fused-ring (bicyclic) bond motifs is 3. The van der Waals surface area contributed by atoms with E-state index >= 15 is 0 Å². The van der Waals surface area contributed by atoms with E-state index in [1.165, 1.54) is 4.90 Å². The monoisotopic (exact) mass is 384 g/mol. The van der Waals surface area contributed by atoms with E-state index in [0.29, 0.717) is 11.4 Å². The number of hydrogen-bond acceptors (Lipinski definition) is 5. The number of rotatable bonds is 3. The molecule has 5 nitrogen and oxygen atoms in total. The predicted molar refractivity (Wildman–Crippen MR) is 114 cm³/mol. The summed E-state index contributed by atoms with van der Waals surface area (Å²) in [6.07, 6.45) is 0. The van der Waals surface area contributed by atoms with Gasteiger partial charge in [-0.3, -0.25) is 0 Å². The molecule has 0 atom stereocenters. The average molecular weight is 384 g/mol. The van der Waals surface area contributed by atoms with Crippen molar-refractivity contribution in [3.8, 4) is 5.88 Å². The summed E-state index contributed by atoms with van der Waals surface area (Å²) in [6, 6.07) is 21.8. The molecular formula is C22H16N4OS. The highest BCUT2D eigenvalue weighted by atomic mass is 32.2. The molecule has 0 saturated heterocycles. The highest BCUT2D eigenvalue weighted by Gasteiger charge is 2.16. The Morgan fingerprint density at radius 2 is 1.71 bits per heavy atom. The van der Waals surface area contributed by atoms with Gasteiger partial charge in [-0.15, -0.1) is 5.11 Å². The smallest absolute Gasteiger partial charge is 0.218 e. The molecule has 0 saturated carbocycles. The van der Waals surface area contributed by atoms with Crippen LogP contribution in [-0.2, 0) is 0 Å². The van der Waals surface area contributed by atoms with Crippen molar-refractivity contribution in [1.29, 1.82) is 0 Å². The lowest BCUT2D eigenvalue weighted by atomic mass is 10.1. The zero-order valence-electron chi connectivity index (χ0n) is 14.8. The molecule has 0 radical (unpaired) electrons. The first-order valence-corrected chi connectivity index (χ1v) is 9.59. The second-order valence-electron chi connectivity index (χ2n) is 6.45. The van der Waals surface area contributed by atoms with Gasteiger partial charge in [0.05, 0.1) is 22.6 Å². The Morgan fingerprint density at radius 1 is 0.929 bits per heavy atom. The number of H-pyrrole nitrogens is 1. The van der Waals surface area contributed by atoms with Gasteiger partial charge in [-0.1, -0.05) is 54.7 Å². The Labute approximate surface area is 165 Å². The molecule has 5 rings (SSSR count). The minimum absolute atomic E-state index is 0.00198. The maximum Gasteiger partial charge on any atom is 0.218 e. The summed E-state index contributed by atoms with van der Waals surface area (Å²) in [5.41, 5.74) is 4.73. The minimum Gasteiger partial charge on any atom is -0.493 e. The quantitative estimate of drug-likeness (QED) is 0.298. The molecule has 1 aliphatic heterocycles. The third kappa shape index (κ3) is 2.84. The number of nitrogens with zero attached hydrogens (tertiary/aromatic N) is 2. The van der Waals surface area contributed by atoms with Crippen LogP contribution in [0.25, 0.3) is 16.6 Å². The number of azo groups is 1. The molecule has 2 heterocycles. The summed E-state index contributed by atoms with van der Waals surface area (Å²) < 4.78 is 0. The van der Waals surface area contributed by atoms with Crippen LogP contribution in [0.1, 0.15) is 5.56 Å². The molecule has 6 heteroatoms. The van der Waals surface area contributed by atoms with Gasteiger partial charge in [0.2, 0.25) is 5.88 Å². The molecule has 1 aliphatic rings. The van der Waals surface area contributed by atoms with Crippen LogP contribution in [0.15, 0.2) is 93.3 Å². The predicted octanol–water partition coefficient (Wildman–Crippen LogP) is 6.84. The number of aromatic amines is 1. The van der Waals surface area contributed by atoms with E-state index in [4.69, 9.17) is 0 Å². The molecule has 0 aliphatic carbocycles. The van der Waals surface area contributed by atoms with Crippen LogP contribution in [0, 0.1) is 0 Å². The van der Waals surface area contributed by atoms with Crippen LogP contribution in [0.5, 0.6) is 5.88 Å². The summed E-state index contributed by atoms with van der Waals surface area (Å²) >= 11 is 1.73. The fourth-order valence-corrected chi connectivity index (χ4v) is 4.17. The van der Waals surface area contributed by atoms with Crippen molar-refractivity contribution >= 4 is 45.4 Å². The normalized spacial score (nSPS) is 12.6. The van der Waals surface area contributed by atoms with Gasteiger partial charge in [-0.25, -0.2) is 0 Å². The lowest BCUT2D eigenvalue weighted by Crippen LogP contribution is -1.99. The van der Waals surface area contributed by atoms with Crippen molar-refractivity contribution in [1.82, 2.24) is 4.98 Å². The first-order valence-electron chi connectivity index (χ1n) is 8.78. The molecule has 3 N–H and O–H groups in total. The largest absolute Gasteiger partial charge is 0.493 e. The summed E-state index contributed by atoms with van der Waals surface area (Å²) in [4.78, 5) is 5.26. The van der Waals surface area contributed by atoms with Gasteiger partial charge in [0.15, 0.2) is 5.69 Å². The molecule has 1 aromatic heterocycles. The number of nitrogens with one attached hydrogen (secondary N) is 2. The standard InChI is InChI=1S/C22H16N4OS/c1-13(25-26-21-15-6-2-3-7-16(15)24-22(21)27)14-10-11-20-18(12-14)23-17-8-4-5-9-19(17)28-20/h2-12,23-24,27H,1H2. The highest BCUT2D eigenvalue weighted by molar-refractivity contribution is 7.99. The first-order chi connectivity index (χ1) is 13.7. The van der Waals surface area contributed by atoms with E-state index < -0.39 is 0 Å². The number of benzene rings is 3. The van der Waals surface area contributed by atoms with Crippen molar-refractivity contribution in [3.63, 3.8) is 0 Å². The van der Waals surface area contributed by atoms with E-state index in [1.807, 2.05) is 48.5 Å². The average Bonchev–Trinajstić information content (AvgIpc) is 3.05. The van der Waals surface area contributed by atoms with E-state index in [-0.39, 0.29) is 5.88 Å².